The van der Waals surface area contributed by atoms with Crippen molar-refractivity contribution in [2.45, 2.75) is 25.3 Å². The van der Waals surface area contributed by atoms with Crippen LogP contribution < -0.4 is 0 Å². The molecule has 2 rings (SSSR count). The maximum Gasteiger partial charge on any atom is 0.325 e. The number of hydrogen-bond acceptors (Lipinski definition) is 2. The van der Waals surface area contributed by atoms with Gasteiger partial charge in [-0.2, -0.15) is 0 Å². The third-order valence-corrected chi connectivity index (χ3v) is 3.65. The van der Waals surface area contributed by atoms with E-state index in [4.69, 9.17) is 0 Å². The standard InChI is InChI=1S/C13H16BrNO2/c14-11-6-4-5-10(9-11)12(13(16)17)15-7-2-1-3-8-15/h4-6,9,12H,1-3,7-8H2,(H,16,17). The van der Waals surface area contributed by atoms with Crippen LogP contribution in [0.1, 0.15) is 30.9 Å². The van der Waals surface area contributed by atoms with Crippen LogP contribution in [0.3, 0.4) is 0 Å². The normalized spacial score (nSPS) is 18.9. The highest BCUT2D eigenvalue weighted by Gasteiger charge is 2.28. The largest absolute Gasteiger partial charge is 0.480 e. The average Bonchev–Trinajstić information content (AvgIpc) is 2.30. The highest BCUT2D eigenvalue weighted by atomic mass is 79.9. The van der Waals surface area contributed by atoms with E-state index in [9.17, 15) is 9.90 Å². The summed E-state index contributed by atoms with van der Waals surface area (Å²) in [6.45, 7) is 1.76. The molecule has 0 radical (unpaired) electrons. The minimum Gasteiger partial charge on any atom is -0.480 e. The summed E-state index contributed by atoms with van der Waals surface area (Å²) in [5.41, 5.74) is 0.855. The molecule has 1 saturated heterocycles. The van der Waals surface area contributed by atoms with Crippen LogP contribution in [-0.2, 0) is 4.79 Å². The highest BCUT2D eigenvalue weighted by Crippen LogP contribution is 2.26. The van der Waals surface area contributed by atoms with Crippen molar-refractivity contribution < 1.29 is 9.90 Å². The third kappa shape index (κ3) is 3.07. The maximum atomic E-state index is 11.5. The number of piperidine rings is 1. The molecule has 1 unspecified atom stereocenters. The SMILES string of the molecule is O=C(O)C(c1cccc(Br)c1)N1CCCCC1. The molecule has 1 aromatic carbocycles. The highest BCUT2D eigenvalue weighted by molar-refractivity contribution is 9.10. The molecule has 3 nitrogen and oxygen atoms in total. The Bertz CT molecular complexity index is 402. The summed E-state index contributed by atoms with van der Waals surface area (Å²) in [4.78, 5) is 13.5. The molecule has 0 bridgehead atoms. The Balaban J connectivity index is 2.25. The fraction of sp³-hybridized carbons (Fsp3) is 0.462. The van der Waals surface area contributed by atoms with Gasteiger partial charge in [-0.05, 0) is 43.6 Å². The number of carboxylic acid groups (broad SMARTS) is 1. The van der Waals surface area contributed by atoms with Gasteiger partial charge in [0.2, 0.25) is 0 Å². The van der Waals surface area contributed by atoms with E-state index < -0.39 is 12.0 Å². The molecule has 0 amide bonds. The van der Waals surface area contributed by atoms with Crippen LogP contribution in [0.2, 0.25) is 0 Å². The molecule has 0 saturated carbocycles. The van der Waals surface area contributed by atoms with Crippen LogP contribution in [0, 0.1) is 0 Å². The van der Waals surface area contributed by atoms with Gasteiger partial charge in [0.05, 0.1) is 0 Å². The Labute approximate surface area is 110 Å². The van der Waals surface area contributed by atoms with Crippen LogP contribution >= 0.6 is 15.9 Å². The van der Waals surface area contributed by atoms with Crippen molar-refractivity contribution >= 4 is 21.9 Å². The number of benzene rings is 1. The Morgan fingerprint density at radius 3 is 2.59 bits per heavy atom. The summed E-state index contributed by atoms with van der Waals surface area (Å²) < 4.78 is 0.929. The Kier molecular flexibility index (Phi) is 4.18. The van der Waals surface area contributed by atoms with Gasteiger partial charge in [-0.25, -0.2) is 0 Å². The molecule has 1 fully saturated rings. The number of carbonyl (C=O) groups is 1. The Morgan fingerprint density at radius 1 is 1.29 bits per heavy atom. The van der Waals surface area contributed by atoms with Gasteiger partial charge in [-0.15, -0.1) is 0 Å². The molecule has 0 spiro atoms. The van der Waals surface area contributed by atoms with Gasteiger partial charge in [0.1, 0.15) is 6.04 Å². The molecular formula is C13H16BrNO2. The summed E-state index contributed by atoms with van der Waals surface area (Å²) in [6, 6.07) is 7.08. The molecule has 1 aliphatic heterocycles. The van der Waals surface area contributed by atoms with E-state index in [1.165, 1.54) is 6.42 Å². The first-order valence-electron chi connectivity index (χ1n) is 5.91. The molecule has 1 N–H and O–H groups in total. The molecule has 0 aliphatic carbocycles. The van der Waals surface area contributed by atoms with Gasteiger partial charge in [-0.1, -0.05) is 34.5 Å². The maximum absolute atomic E-state index is 11.5. The minimum absolute atomic E-state index is 0.507. The lowest BCUT2D eigenvalue weighted by Gasteiger charge is -2.32. The van der Waals surface area contributed by atoms with E-state index in [0.717, 1.165) is 36.0 Å². The van der Waals surface area contributed by atoms with E-state index in [0.29, 0.717) is 0 Å². The molecule has 0 aromatic heterocycles. The Hall–Kier alpha value is -0.870. The second kappa shape index (κ2) is 5.65. The zero-order valence-corrected chi connectivity index (χ0v) is 11.2. The Morgan fingerprint density at radius 2 is 2.00 bits per heavy atom. The first-order valence-corrected chi connectivity index (χ1v) is 6.70. The van der Waals surface area contributed by atoms with Crippen molar-refractivity contribution in [1.82, 2.24) is 4.90 Å². The van der Waals surface area contributed by atoms with Crippen molar-refractivity contribution in [1.29, 1.82) is 0 Å². The lowest BCUT2D eigenvalue weighted by atomic mass is 10.0. The van der Waals surface area contributed by atoms with Crippen LogP contribution in [-0.4, -0.2) is 29.1 Å². The van der Waals surface area contributed by atoms with Crippen molar-refractivity contribution in [2.75, 3.05) is 13.1 Å². The van der Waals surface area contributed by atoms with Gasteiger partial charge in [0.15, 0.2) is 0 Å². The number of halogens is 1. The van der Waals surface area contributed by atoms with Gasteiger partial charge in [-0.3, -0.25) is 9.69 Å². The molecule has 17 heavy (non-hydrogen) atoms. The third-order valence-electron chi connectivity index (χ3n) is 3.15. The quantitative estimate of drug-likeness (QED) is 0.932. The first-order chi connectivity index (χ1) is 8.18. The van der Waals surface area contributed by atoms with Gasteiger partial charge in [0, 0.05) is 4.47 Å². The predicted octanol–water partition coefficient (Wildman–Crippen LogP) is 3.06. The second-order valence-electron chi connectivity index (χ2n) is 4.39. The predicted molar refractivity (Wildman–Crippen MR) is 69.9 cm³/mol. The summed E-state index contributed by atoms with van der Waals surface area (Å²) in [6.07, 6.45) is 3.40. The molecule has 1 atom stereocenters. The van der Waals surface area contributed by atoms with Gasteiger partial charge >= 0.3 is 5.97 Å². The van der Waals surface area contributed by atoms with Crippen LogP contribution in [0.5, 0.6) is 0 Å². The van der Waals surface area contributed by atoms with E-state index >= 15 is 0 Å². The monoisotopic (exact) mass is 297 g/mol. The molecule has 92 valence electrons. The number of likely N-dealkylation sites (tertiary alicyclic amines) is 1. The second-order valence-corrected chi connectivity index (χ2v) is 5.31. The zero-order chi connectivity index (χ0) is 12.3. The van der Waals surface area contributed by atoms with E-state index in [-0.39, 0.29) is 0 Å². The number of carboxylic acids is 1. The molecule has 1 heterocycles. The van der Waals surface area contributed by atoms with Crippen LogP contribution in [0.15, 0.2) is 28.7 Å². The summed E-state index contributed by atoms with van der Waals surface area (Å²) >= 11 is 3.39. The van der Waals surface area contributed by atoms with Gasteiger partial charge < -0.3 is 5.11 Å². The fourth-order valence-corrected chi connectivity index (χ4v) is 2.78. The molecule has 1 aromatic rings. The topological polar surface area (TPSA) is 40.5 Å². The van der Waals surface area contributed by atoms with E-state index in [1.807, 2.05) is 24.3 Å². The lowest BCUT2D eigenvalue weighted by molar-refractivity contribution is -0.144. The lowest BCUT2D eigenvalue weighted by Crippen LogP contribution is -2.37. The van der Waals surface area contributed by atoms with Crippen LogP contribution in [0.4, 0.5) is 0 Å². The smallest absolute Gasteiger partial charge is 0.325 e. The van der Waals surface area contributed by atoms with Crippen molar-refractivity contribution in [3.05, 3.63) is 34.3 Å². The van der Waals surface area contributed by atoms with E-state index in [2.05, 4.69) is 20.8 Å². The van der Waals surface area contributed by atoms with E-state index in [1.54, 1.807) is 0 Å². The number of rotatable bonds is 3. The minimum atomic E-state index is -0.759. The van der Waals surface area contributed by atoms with Crippen molar-refractivity contribution in [2.24, 2.45) is 0 Å². The van der Waals surface area contributed by atoms with Crippen molar-refractivity contribution in [3.63, 3.8) is 0 Å². The number of hydrogen-bond donors (Lipinski definition) is 1. The van der Waals surface area contributed by atoms with Crippen molar-refractivity contribution in [3.8, 4) is 0 Å². The first kappa shape index (κ1) is 12.6. The molecule has 4 heteroatoms. The fourth-order valence-electron chi connectivity index (χ4n) is 2.36. The van der Waals surface area contributed by atoms with Gasteiger partial charge in [0.25, 0.3) is 0 Å². The number of aliphatic carboxylic acids is 1. The molecule has 1 aliphatic rings. The average molecular weight is 298 g/mol. The molecular weight excluding hydrogens is 282 g/mol. The summed E-state index contributed by atoms with van der Waals surface area (Å²) in [5.74, 6) is -0.759. The van der Waals surface area contributed by atoms with Crippen LogP contribution in [0.25, 0.3) is 0 Å². The summed E-state index contributed by atoms with van der Waals surface area (Å²) in [5, 5.41) is 9.41. The zero-order valence-electron chi connectivity index (χ0n) is 9.60. The number of nitrogens with zero attached hydrogens (tertiary/aromatic N) is 1. The summed E-state index contributed by atoms with van der Waals surface area (Å²) in [7, 11) is 0.